The third-order valence-corrected chi connectivity index (χ3v) is 23.9. The van der Waals surface area contributed by atoms with E-state index in [0.29, 0.717) is 51.7 Å². The summed E-state index contributed by atoms with van der Waals surface area (Å²) < 4.78 is 140. The zero-order chi connectivity index (χ0) is 69.6. The van der Waals surface area contributed by atoms with E-state index in [9.17, 15) is 39.7 Å². The van der Waals surface area contributed by atoms with Crippen LogP contribution in [-0.2, 0) is 31.1 Å². The van der Waals surface area contributed by atoms with Gasteiger partial charge < -0.3 is 14.2 Å². The van der Waals surface area contributed by atoms with Crippen LogP contribution in [0.15, 0.2) is 161 Å². The van der Waals surface area contributed by atoms with Crippen LogP contribution in [0, 0.1) is 62.5 Å². The fourth-order valence-corrected chi connectivity index (χ4v) is 17.8. The lowest BCUT2D eigenvalue weighted by molar-refractivity contribution is -0.138. The number of hydrogen-bond donors (Lipinski definition) is 0. The van der Waals surface area contributed by atoms with Gasteiger partial charge in [0.1, 0.15) is 49.5 Å². The highest BCUT2D eigenvalue weighted by atomic mass is 32.7. The highest BCUT2D eigenvalue weighted by molar-refractivity contribution is 8.52. The molecular formula is C77H95F8N3O4P3S+. The van der Waals surface area contributed by atoms with Crippen LogP contribution in [0.3, 0.4) is 0 Å². The second-order valence-corrected chi connectivity index (χ2v) is 36.8. The number of alkyl halides is 6. The summed E-state index contributed by atoms with van der Waals surface area (Å²) in [4.78, 5) is 14.1. The zero-order valence-electron chi connectivity index (χ0n) is 57.0. The van der Waals surface area contributed by atoms with Gasteiger partial charge in [-0.2, -0.15) is 26.3 Å². The summed E-state index contributed by atoms with van der Waals surface area (Å²) in [6, 6.07) is 41.4. The van der Waals surface area contributed by atoms with Crippen molar-refractivity contribution in [3.63, 3.8) is 0 Å². The predicted octanol–water partition coefficient (Wildman–Crippen LogP) is 20.2. The molecule has 7 nitrogen and oxygen atoms in total. The number of hydrogen-bond acceptors (Lipinski definition) is 8. The maximum Gasteiger partial charge on any atom is 0.416 e. The van der Waals surface area contributed by atoms with Gasteiger partial charge in [-0.3, -0.25) is 0 Å². The molecule has 0 radical (unpaired) electrons. The van der Waals surface area contributed by atoms with E-state index in [1.807, 2.05) is 71.0 Å². The second kappa shape index (κ2) is 32.6. The van der Waals surface area contributed by atoms with Crippen LogP contribution in [0.1, 0.15) is 154 Å². The minimum Gasteiger partial charge on any atom is -0.475 e. The fraction of sp³-hybridized carbons (Fsp3) is 0.416. The topological polar surface area (TPSA) is 81.8 Å². The Bertz CT molecular complexity index is 3800. The minimum absolute atomic E-state index is 0. The van der Waals surface area contributed by atoms with Crippen LogP contribution in [0.25, 0.3) is 0 Å². The van der Waals surface area contributed by atoms with Gasteiger partial charge in [0, 0.05) is 16.7 Å². The predicted molar refractivity (Wildman–Crippen MR) is 392 cm³/mol. The Morgan fingerprint density at radius 3 is 1.03 bits per heavy atom. The number of nitrogens with zero attached hydrogens (tertiary/aromatic N) is 3. The van der Waals surface area contributed by atoms with Crippen molar-refractivity contribution in [2.45, 2.75) is 168 Å². The van der Waals surface area contributed by atoms with Gasteiger partial charge in [0.15, 0.2) is 0 Å². The molecule has 7 aromatic carbocycles. The molecule has 10 rings (SSSR count). The van der Waals surface area contributed by atoms with Crippen molar-refractivity contribution in [2.75, 3.05) is 26.5 Å². The van der Waals surface area contributed by atoms with Crippen LogP contribution >= 0.6 is 34.2 Å². The maximum absolute atomic E-state index is 14.7. The first-order valence-electron chi connectivity index (χ1n) is 31.1. The maximum atomic E-state index is 14.7. The number of ether oxygens (including phenoxy) is 3. The van der Waals surface area contributed by atoms with Gasteiger partial charge >= 0.3 is 19.4 Å². The van der Waals surface area contributed by atoms with Crippen LogP contribution < -0.4 is 31.8 Å². The van der Waals surface area contributed by atoms with E-state index in [4.69, 9.17) is 19.2 Å². The first-order valence-corrected chi connectivity index (χ1v) is 36.9. The van der Waals surface area contributed by atoms with Gasteiger partial charge in [-0.05, 0) is 178 Å². The molecule has 0 aliphatic carbocycles. The molecule has 0 saturated carbocycles. The van der Waals surface area contributed by atoms with E-state index in [0.717, 1.165) is 50.6 Å². The van der Waals surface area contributed by atoms with E-state index in [1.54, 1.807) is 50.8 Å². The summed E-state index contributed by atoms with van der Waals surface area (Å²) in [5, 5.41) is 4.52. The smallest absolute Gasteiger partial charge is 0.416 e. The SMILES string of the molecule is C.C.C[P+](=O)SC(C)(C)C.Cc1ccc(P(c2ccc(C)c(F)c2)c2ccc(C(F)(F)F)cc2C2=N[C@@H](C(C)(C)C)CO2)cc1F.Cc1ccc(P(c2ccc(C)cc2)c2ccc(C(F)(F)F)cc2C2=N[C@@H](C(C)(C)C)CO2)cc1.Cc1ccccc1C1=N[C@@H](C(C)(C)C)CO1. The highest BCUT2D eigenvalue weighted by Gasteiger charge is 2.39. The van der Waals surface area contributed by atoms with Crippen molar-refractivity contribution in [2.24, 2.45) is 31.2 Å². The molecule has 3 aliphatic heterocycles. The lowest BCUT2D eigenvalue weighted by Gasteiger charge is -2.24. The molecule has 0 spiro atoms. The molecule has 3 heterocycles. The first-order chi connectivity index (χ1) is 43.6. The van der Waals surface area contributed by atoms with E-state index in [2.05, 4.69) is 116 Å². The Hall–Kier alpha value is -6.30. The standard InChI is InChI=1S/C28H27F5NOP.C28H29F3NOP.C14H19NO.C5H12OPS.2CH4/c1-16-6-9-19(13-22(16)29)36(20-10-7-17(2)23(30)14-20)24-11-8-18(28(31,32)33)12-21(24)26-34-25(15-35-26)27(3,4)5;1-18-6-11-21(12-7-18)34(22-13-8-19(2)9-14-22)24-15-10-20(28(29,30)31)16-23(24)26-32-25(17-33-26)27(3,4)5;1-10-7-5-6-8-11(10)13-15-12(9-16-13)14(2,3)4;1-5(2,3)8-7(4)6;;/h6-14,25H,15H2,1-5H3;6-16,25H,17H2,1-5H3;5-8,12H,9H2,1-4H3;1-4H3;2*1H4/q;;;+1;;/t2*25-;12-;;;/m111.../s1. The van der Waals surface area contributed by atoms with Gasteiger partial charge in [-0.25, -0.2) is 23.8 Å². The third kappa shape index (κ3) is 21.6. The summed E-state index contributed by atoms with van der Waals surface area (Å²) in [5.41, 5.74) is 4.32. The van der Waals surface area contributed by atoms with E-state index in [-0.39, 0.29) is 72.0 Å². The molecule has 0 aromatic heterocycles. The summed E-state index contributed by atoms with van der Waals surface area (Å²) in [7, 11) is -3.79. The molecule has 1 unspecified atom stereocenters. The van der Waals surface area contributed by atoms with E-state index >= 15 is 0 Å². The Kier molecular flexibility index (Phi) is 27.3. The molecule has 0 bridgehead atoms. The molecule has 96 heavy (non-hydrogen) atoms. The molecule has 518 valence electrons. The number of aryl methyl sites for hydroxylation is 5. The van der Waals surface area contributed by atoms with Crippen molar-refractivity contribution < 1.29 is 53.9 Å². The van der Waals surface area contributed by atoms with Gasteiger partial charge in [-0.15, -0.1) is 0 Å². The summed E-state index contributed by atoms with van der Waals surface area (Å²) >= 11 is 1.52. The van der Waals surface area contributed by atoms with Crippen molar-refractivity contribution >= 4 is 83.7 Å². The van der Waals surface area contributed by atoms with Crippen LogP contribution in [-0.4, -0.2) is 67.1 Å². The molecule has 7 aromatic rings. The van der Waals surface area contributed by atoms with Crippen LogP contribution in [0.4, 0.5) is 35.1 Å². The third-order valence-electron chi connectivity index (χ3n) is 15.7. The highest BCUT2D eigenvalue weighted by Crippen LogP contribution is 2.44. The summed E-state index contributed by atoms with van der Waals surface area (Å²) in [6.45, 7) is 37.4. The van der Waals surface area contributed by atoms with Crippen molar-refractivity contribution in [1.82, 2.24) is 0 Å². The Morgan fingerprint density at radius 1 is 0.427 bits per heavy atom. The van der Waals surface area contributed by atoms with E-state index < -0.39 is 58.0 Å². The number of halogens is 8. The normalized spacial score (nSPS) is 16.5. The lowest BCUT2D eigenvalue weighted by atomic mass is 9.88. The molecule has 0 amide bonds. The average molecular weight is 1400 g/mol. The Morgan fingerprint density at radius 2 is 0.750 bits per heavy atom. The summed E-state index contributed by atoms with van der Waals surface area (Å²) in [5.74, 6) is 0.334. The monoisotopic (exact) mass is 1400 g/mol. The number of aliphatic imine (C=N–C) groups is 3. The van der Waals surface area contributed by atoms with Crippen molar-refractivity contribution in [1.29, 1.82) is 0 Å². The van der Waals surface area contributed by atoms with Crippen LogP contribution in [0.2, 0.25) is 0 Å². The quantitative estimate of drug-likeness (QED) is 0.101. The van der Waals surface area contributed by atoms with Gasteiger partial charge in [-0.1, -0.05) is 196 Å². The molecular weight excluding hydrogens is 1310 g/mol. The minimum atomic E-state index is -4.58. The summed E-state index contributed by atoms with van der Waals surface area (Å²) in [6.07, 6.45) is -9.03. The average Bonchev–Trinajstić information content (AvgIpc) is 1.45. The molecule has 0 fully saturated rings. The van der Waals surface area contributed by atoms with E-state index in [1.165, 1.54) is 47.3 Å². The van der Waals surface area contributed by atoms with Crippen molar-refractivity contribution in [3.8, 4) is 0 Å². The second-order valence-electron chi connectivity index (χ2n) is 28.0. The molecule has 0 N–H and O–H groups in total. The lowest BCUT2D eigenvalue weighted by Crippen LogP contribution is -2.27. The molecule has 3 aliphatic rings. The van der Waals surface area contributed by atoms with Gasteiger partial charge in [0.05, 0.1) is 34.0 Å². The number of benzene rings is 7. The Labute approximate surface area is 572 Å². The van der Waals surface area contributed by atoms with Crippen LogP contribution in [0.5, 0.6) is 0 Å². The van der Waals surface area contributed by atoms with Gasteiger partial charge in [0.2, 0.25) is 17.7 Å². The number of rotatable bonds is 10. The fourth-order valence-electron chi connectivity index (χ4n) is 9.93. The molecule has 19 heteroatoms. The molecule has 0 saturated heterocycles. The van der Waals surface area contributed by atoms with Gasteiger partial charge in [0.25, 0.3) is 0 Å². The first kappa shape index (κ1) is 80.4. The Balaban J connectivity index is 0.000000256. The van der Waals surface area contributed by atoms with Crippen molar-refractivity contribution in [3.05, 3.63) is 213 Å². The largest absolute Gasteiger partial charge is 0.475 e. The zero-order valence-corrected chi connectivity index (χ0v) is 60.5. The molecule has 4 atom stereocenters.